The number of hydrogen-bond donors (Lipinski definition) is 2. The molecule has 0 fully saturated rings. The molecule has 8 nitrogen and oxygen atoms in total. The minimum atomic E-state index is -3.92. The van der Waals surface area contributed by atoms with E-state index in [2.05, 4.69) is 10.6 Å². The van der Waals surface area contributed by atoms with Gasteiger partial charge in [0.1, 0.15) is 5.75 Å². The van der Waals surface area contributed by atoms with Gasteiger partial charge >= 0.3 is 0 Å². The molecule has 2 aromatic carbocycles. The van der Waals surface area contributed by atoms with Crippen LogP contribution in [0.3, 0.4) is 0 Å². The molecule has 9 heteroatoms. The lowest BCUT2D eigenvalue weighted by Gasteiger charge is -2.21. The second-order valence-electron chi connectivity index (χ2n) is 6.36. The molecule has 3 rings (SSSR count). The van der Waals surface area contributed by atoms with Crippen LogP contribution in [0.2, 0.25) is 0 Å². The number of carbonyl (C=O) groups excluding carboxylic acids is 2. The largest absolute Gasteiger partial charge is 0.482 e. The number of amides is 2. The molecule has 1 aliphatic rings. The molecule has 2 aromatic rings. The van der Waals surface area contributed by atoms with Crippen LogP contribution in [-0.4, -0.2) is 44.7 Å². The Bertz CT molecular complexity index is 1020. The molecule has 1 heterocycles. The van der Waals surface area contributed by atoms with Crippen LogP contribution >= 0.6 is 0 Å². The maximum atomic E-state index is 12.8. The summed E-state index contributed by atoms with van der Waals surface area (Å²) in [6.07, 6.45) is 0.830. The lowest BCUT2D eigenvalue weighted by Crippen LogP contribution is -2.35. The van der Waals surface area contributed by atoms with Gasteiger partial charge in [-0.25, -0.2) is 8.42 Å². The van der Waals surface area contributed by atoms with E-state index in [1.165, 1.54) is 25.2 Å². The Morgan fingerprint density at radius 1 is 1.25 bits per heavy atom. The van der Waals surface area contributed by atoms with Gasteiger partial charge in [-0.2, -0.15) is 4.31 Å². The highest BCUT2D eigenvalue weighted by Crippen LogP contribution is 2.30. The fourth-order valence-electron chi connectivity index (χ4n) is 2.76. The van der Waals surface area contributed by atoms with Gasteiger partial charge in [-0.15, -0.1) is 0 Å². The lowest BCUT2D eigenvalue weighted by molar-refractivity contribution is -0.118. The van der Waals surface area contributed by atoms with Gasteiger partial charge in [0.25, 0.3) is 5.91 Å². The number of benzene rings is 2. The second kappa shape index (κ2) is 7.99. The van der Waals surface area contributed by atoms with Crippen molar-refractivity contribution < 1.29 is 22.7 Å². The van der Waals surface area contributed by atoms with Crippen LogP contribution in [0.25, 0.3) is 0 Å². The molecule has 0 unspecified atom stereocenters. The molecule has 28 heavy (non-hydrogen) atoms. The first-order chi connectivity index (χ1) is 13.3. The van der Waals surface area contributed by atoms with Crippen LogP contribution in [0.4, 0.5) is 11.4 Å². The van der Waals surface area contributed by atoms with Crippen molar-refractivity contribution in [1.29, 1.82) is 0 Å². The zero-order valence-corrected chi connectivity index (χ0v) is 16.4. The van der Waals surface area contributed by atoms with Crippen molar-refractivity contribution in [2.24, 2.45) is 0 Å². The molecule has 0 saturated carbocycles. The number of sulfonamides is 1. The molecular weight excluding hydrogens is 382 g/mol. The van der Waals surface area contributed by atoms with Crippen molar-refractivity contribution in [2.45, 2.75) is 18.2 Å². The van der Waals surface area contributed by atoms with Crippen molar-refractivity contribution in [3.8, 4) is 5.75 Å². The lowest BCUT2D eigenvalue weighted by atomic mass is 10.1. The highest BCUT2D eigenvalue weighted by Gasteiger charge is 2.26. The third-order valence-electron chi connectivity index (χ3n) is 4.28. The van der Waals surface area contributed by atoms with Gasteiger partial charge in [0, 0.05) is 12.7 Å². The Labute approximate surface area is 163 Å². The third kappa shape index (κ3) is 4.32. The molecule has 148 valence electrons. The molecule has 0 saturated heterocycles. The van der Waals surface area contributed by atoms with Crippen LogP contribution in [0, 0.1) is 0 Å². The van der Waals surface area contributed by atoms with Gasteiger partial charge in [-0.3, -0.25) is 9.59 Å². The Hall–Kier alpha value is -2.91. The van der Waals surface area contributed by atoms with Crippen molar-refractivity contribution in [2.75, 3.05) is 30.8 Å². The zero-order chi connectivity index (χ0) is 20.3. The molecule has 0 bridgehead atoms. The number of aryl methyl sites for hydroxylation is 1. The summed E-state index contributed by atoms with van der Waals surface area (Å²) in [7, 11) is -2.60. The second-order valence-corrected chi connectivity index (χ2v) is 8.40. The Balaban J connectivity index is 1.72. The predicted molar refractivity (Wildman–Crippen MR) is 105 cm³/mol. The topological polar surface area (TPSA) is 105 Å². The van der Waals surface area contributed by atoms with Crippen LogP contribution in [0.1, 0.15) is 12.5 Å². The number of hydrogen-bond acceptors (Lipinski definition) is 5. The smallest absolute Gasteiger partial charge is 0.262 e. The molecular formula is C19H21N3O5S. The summed E-state index contributed by atoms with van der Waals surface area (Å²) in [6.45, 7) is 1.55. The number of ether oxygens (including phenoxy) is 1. The van der Waals surface area contributed by atoms with Crippen molar-refractivity contribution in [3.63, 3.8) is 0 Å². The first-order valence-corrected chi connectivity index (χ1v) is 10.2. The molecule has 0 spiro atoms. The van der Waals surface area contributed by atoms with E-state index < -0.39 is 15.9 Å². The van der Waals surface area contributed by atoms with Crippen molar-refractivity contribution >= 4 is 33.2 Å². The van der Waals surface area contributed by atoms with E-state index in [9.17, 15) is 18.0 Å². The normalized spacial score (nSPS) is 13.5. The van der Waals surface area contributed by atoms with Gasteiger partial charge in [-0.05, 0) is 42.3 Å². The number of fused-ring (bicyclic) bond motifs is 1. The van der Waals surface area contributed by atoms with Crippen LogP contribution < -0.4 is 15.4 Å². The first-order valence-electron chi connectivity index (χ1n) is 8.71. The number of nitrogens with zero attached hydrogens (tertiary/aromatic N) is 1. The van der Waals surface area contributed by atoms with Crippen molar-refractivity contribution in [3.05, 3.63) is 48.0 Å². The van der Waals surface area contributed by atoms with Gasteiger partial charge in [0.15, 0.2) is 6.61 Å². The van der Waals surface area contributed by atoms with Crippen LogP contribution in [-0.2, 0) is 26.0 Å². The Kier molecular flexibility index (Phi) is 5.66. The van der Waals surface area contributed by atoms with Crippen molar-refractivity contribution in [1.82, 2.24) is 4.31 Å². The third-order valence-corrected chi connectivity index (χ3v) is 6.08. The summed E-state index contributed by atoms with van der Waals surface area (Å²) in [4.78, 5) is 23.7. The van der Waals surface area contributed by atoms with Gasteiger partial charge in [0.2, 0.25) is 15.9 Å². The summed E-state index contributed by atoms with van der Waals surface area (Å²) in [5.41, 5.74) is 1.97. The highest BCUT2D eigenvalue weighted by atomic mass is 32.2. The van der Waals surface area contributed by atoms with E-state index in [0.717, 1.165) is 16.3 Å². The van der Waals surface area contributed by atoms with E-state index in [-0.39, 0.29) is 29.6 Å². The van der Waals surface area contributed by atoms with E-state index in [4.69, 9.17) is 4.74 Å². The van der Waals surface area contributed by atoms with E-state index in [1.54, 1.807) is 6.07 Å². The number of anilines is 2. The van der Waals surface area contributed by atoms with E-state index >= 15 is 0 Å². The van der Waals surface area contributed by atoms with Gasteiger partial charge in [-0.1, -0.05) is 19.1 Å². The molecule has 0 radical (unpaired) electrons. The van der Waals surface area contributed by atoms with Gasteiger partial charge < -0.3 is 15.4 Å². The average Bonchev–Trinajstić information content (AvgIpc) is 2.67. The van der Waals surface area contributed by atoms with Crippen LogP contribution in [0.15, 0.2) is 47.4 Å². The Morgan fingerprint density at radius 3 is 2.79 bits per heavy atom. The number of likely N-dealkylation sites (N-methyl/N-ethyl adjacent to an activating group) is 1. The summed E-state index contributed by atoms with van der Waals surface area (Å²) in [5.74, 6) is -0.409. The highest BCUT2D eigenvalue weighted by molar-refractivity contribution is 7.89. The Morgan fingerprint density at radius 2 is 2.04 bits per heavy atom. The fraction of sp³-hybridized carbons (Fsp3) is 0.263. The zero-order valence-electron chi connectivity index (χ0n) is 15.6. The minimum Gasteiger partial charge on any atom is -0.482 e. The molecule has 0 aliphatic carbocycles. The fourth-order valence-corrected chi connectivity index (χ4v) is 3.91. The quantitative estimate of drug-likeness (QED) is 0.766. The molecule has 2 amide bonds. The average molecular weight is 403 g/mol. The summed E-state index contributed by atoms with van der Waals surface area (Å²) in [5, 5.41) is 5.27. The summed E-state index contributed by atoms with van der Waals surface area (Å²) in [6, 6.07) is 11.6. The monoisotopic (exact) mass is 403 g/mol. The van der Waals surface area contributed by atoms with Crippen LogP contribution in [0.5, 0.6) is 5.75 Å². The summed E-state index contributed by atoms with van der Waals surface area (Å²) < 4.78 is 31.7. The van der Waals surface area contributed by atoms with Gasteiger partial charge in [0.05, 0.1) is 17.1 Å². The molecule has 1 aliphatic heterocycles. The first kappa shape index (κ1) is 19.8. The molecule has 2 N–H and O–H groups in total. The molecule has 0 aromatic heterocycles. The predicted octanol–water partition coefficient (Wildman–Crippen LogP) is 1.84. The number of rotatable bonds is 6. The maximum Gasteiger partial charge on any atom is 0.262 e. The number of nitrogens with one attached hydrogen (secondary N) is 2. The van der Waals surface area contributed by atoms with E-state index in [1.807, 2.05) is 25.1 Å². The van der Waals surface area contributed by atoms with E-state index in [0.29, 0.717) is 11.4 Å². The summed E-state index contributed by atoms with van der Waals surface area (Å²) >= 11 is 0. The number of carbonyl (C=O) groups is 2. The minimum absolute atomic E-state index is 0.0414. The SMILES string of the molecule is CCc1cccc(NC(=O)CN(C)S(=O)(=O)c2ccc3c(c2)NC(=O)CO3)c1. The standard InChI is InChI=1S/C19H21N3O5S/c1-3-13-5-4-6-14(9-13)20-18(23)11-22(2)28(25,26)15-7-8-17-16(10-15)21-19(24)12-27-17/h4-10H,3,11-12H2,1-2H3,(H,20,23)(H,21,24). The molecule has 0 atom stereocenters. The maximum absolute atomic E-state index is 12.8.